The molecule has 2 N–H and O–H groups in total. The number of thiophene rings is 1. The first-order valence-electron chi connectivity index (χ1n) is 9.90. The van der Waals surface area contributed by atoms with Crippen LogP contribution in [0.5, 0.6) is 5.75 Å². The number of nitrogens with zero attached hydrogens (tertiary/aromatic N) is 2. The highest BCUT2D eigenvalue weighted by Crippen LogP contribution is 2.19. The largest absolute Gasteiger partial charge is 0.492 e. The number of aliphatic imine (C=N–C) groups is 1. The molecule has 0 saturated carbocycles. The smallest absolute Gasteiger partial charge is 0.191 e. The predicted octanol–water partition coefficient (Wildman–Crippen LogP) is 3.33. The standard InChI is InChI=1S/C21H30N4O2S.HI/c1-2-22-21(24-17-19-7-5-15-28-19)23-16-18-6-3-4-8-20(18)27-14-11-25-9-12-26-13-10-25;/h3-8,15H,2,9-14,16-17H2,1H3,(H2,22,23,24);1H. The summed E-state index contributed by atoms with van der Waals surface area (Å²) in [6.07, 6.45) is 0. The molecule has 29 heavy (non-hydrogen) atoms. The number of ether oxygens (including phenoxy) is 2. The summed E-state index contributed by atoms with van der Waals surface area (Å²) in [5.41, 5.74) is 1.10. The monoisotopic (exact) mass is 530 g/mol. The Morgan fingerprint density at radius 2 is 2.00 bits per heavy atom. The van der Waals surface area contributed by atoms with Crippen LogP contribution in [0.3, 0.4) is 0 Å². The first-order valence-corrected chi connectivity index (χ1v) is 10.8. The second kappa shape index (κ2) is 13.8. The fraction of sp³-hybridized carbons (Fsp3) is 0.476. The Kier molecular flexibility index (Phi) is 11.4. The molecule has 1 aliphatic heterocycles. The summed E-state index contributed by atoms with van der Waals surface area (Å²) >= 11 is 1.74. The molecule has 160 valence electrons. The van der Waals surface area contributed by atoms with E-state index in [1.165, 1.54) is 4.88 Å². The Balaban J connectivity index is 0.00000300. The van der Waals surface area contributed by atoms with Gasteiger partial charge in [-0.05, 0) is 24.4 Å². The van der Waals surface area contributed by atoms with Gasteiger partial charge in [0.15, 0.2) is 5.96 Å². The molecule has 0 atom stereocenters. The first-order chi connectivity index (χ1) is 13.8. The van der Waals surface area contributed by atoms with E-state index in [9.17, 15) is 0 Å². The maximum Gasteiger partial charge on any atom is 0.191 e. The highest BCUT2D eigenvalue weighted by Gasteiger charge is 2.10. The molecule has 6 nitrogen and oxygen atoms in total. The molecule has 0 bridgehead atoms. The second-order valence-electron chi connectivity index (χ2n) is 6.54. The van der Waals surface area contributed by atoms with Gasteiger partial charge in [0.25, 0.3) is 0 Å². The summed E-state index contributed by atoms with van der Waals surface area (Å²) in [6, 6.07) is 12.3. The molecule has 1 saturated heterocycles. The van der Waals surface area contributed by atoms with Crippen molar-refractivity contribution in [1.82, 2.24) is 15.5 Å². The summed E-state index contributed by atoms with van der Waals surface area (Å²) in [6.45, 7) is 9.46. The lowest BCUT2D eigenvalue weighted by Gasteiger charge is -2.26. The molecule has 2 aromatic rings. The molecule has 2 heterocycles. The zero-order chi connectivity index (χ0) is 19.4. The topological polar surface area (TPSA) is 58.1 Å². The Morgan fingerprint density at radius 3 is 2.76 bits per heavy atom. The van der Waals surface area contributed by atoms with Crippen LogP contribution in [-0.4, -0.2) is 56.9 Å². The van der Waals surface area contributed by atoms with E-state index >= 15 is 0 Å². The van der Waals surface area contributed by atoms with Gasteiger partial charge in [0, 0.05) is 36.6 Å². The maximum atomic E-state index is 6.06. The molecule has 0 amide bonds. The van der Waals surface area contributed by atoms with Crippen molar-refractivity contribution in [3.05, 3.63) is 52.2 Å². The van der Waals surface area contributed by atoms with E-state index in [-0.39, 0.29) is 24.0 Å². The van der Waals surface area contributed by atoms with E-state index in [1.807, 2.05) is 18.2 Å². The van der Waals surface area contributed by atoms with Crippen molar-refractivity contribution < 1.29 is 9.47 Å². The lowest BCUT2D eigenvalue weighted by Crippen LogP contribution is -2.38. The second-order valence-corrected chi connectivity index (χ2v) is 7.57. The highest BCUT2D eigenvalue weighted by molar-refractivity contribution is 14.0. The van der Waals surface area contributed by atoms with Crippen molar-refractivity contribution in [2.75, 3.05) is 46.0 Å². The van der Waals surface area contributed by atoms with Crippen molar-refractivity contribution in [1.29, 1.82) is 0 Å². The molecule has 1 aromatic heterocycles. The van der Waals surface area contributed by atoms with Gasteiger partial charge in [-0.1, -0.05) is 24.3 Å². The third-order valence-corrected chi connectivity index (χ3v) is 5.38. The van der Waals surface area contributed by atoms with E-state index in [1.54, 1.807) is 11.3 Å². The number of morpholine rings is 1. The average Bonchev–Trinajstić information content (AvgIpc) is 3.25. The fourth-order valence-electron chi connectivity index (χ4n) is 2.97. The number of benzene rings is 1. The van der Waals surface area contributed by atoms with Gasteiger partial charge in [0.05, 0.1) is 26.3 Å². The number of para-hydroxylation sites is 1. The summed E-state index contributed by atoms with van der Waals surface area (Å²) in [5.74, 6) is 1.73. The first kappa shape index (κ1) is 23.9. The van der Waals surface area contributed by atoms with Crippen LogP contribution in [0.15, 0.2) is 46.8 Å². The minimum atomic E-state index is 0. The van der Waals surface area contributed by atoms with Crippen molar-refractivity contribution in [3.8, 4) is 5.75 Å². The summed E-state index contributed by atoms with van der Waals surface area (Å²) < 4.78 is 11.5. The average molecular weight is 530 g/mol. The van der Waals surface area contributed by atoms with Gasteiger partial charge in [-0.15, -0.1) is 35.3 Å². The van der Waals surface area contributed by atoms with Gasteiger partial charge in [0.1, 0.15) is 12.4 Å². The zero-order valence-electron chi connectivity index (χ0n) is 16.9. The quantitative estimate of drug-likeness (QED) is 0.296. The summed E-state index contributed by atoms with van der Waals surface area (Å²) in [7, 11) is 0. The minimum Gasteiger partial charge on any atom is -0.492 e. The van der Waals surface area contributed by atoms with Gasteiger partial charge in [-0.3, -0.25) is 4.90 Å². The molecule has 3 rings (SSSR count). The fourth-order valence-corrected chi connectivity index (χ4v) is 3.62. The molecule has 0 unspecified atom stereocenters. The summed E-state index contributed by atoms with van der Waals surface area (Å²) in [4.78, 5) is 8.40. The predicted molar refractivity (Wildman–Crippen MR) is 131 cm³/mol. The van der Waals surface area contributed by atoms with Crippen LogP contribution in [0.2, 0.25) is 0 Å². The Morgan fingerprint density at radius 1 is 1.17 bits per heavy atom. The number of hydrogen-bond acceptors (Lipinski definition) is 5. The maximum absolute atomic E-state index is 6.06. The van der Waals surface area contributed by atoms with E-state index in [4.69, 9.17) is 14.5 Å². The van der Waals surface area contributed by atoms with Crippen molar-refractivity contribution >= 4 is 41.3 Å². The van der Waals surface area contributed by atoms with Crippen LogP contribution in [0.25, 0.3) is 0 Å². The Labute approximate surface area is 194 Å². The molecule has 1 aromatic carbocycles. The normalized spacial score (nSPS) is 14.9. The van der Waals surface area contributed by atoms with Crippen LogP contribution < -0.4 is 15.4 Å². The van der Waals surface area contributed by atoms with Crippen LogP contribution >= 0.6 is 35.3 Å². The number of guanidine groups is 1. The van der Waals surface area contributed by atoms with Gasteiger partial charge in [-0.2, -0.15) is 0 Å². The molecule has 1 aliphatic rings. The van der Waals surface area contributed by atoms with Gasteiger partial charge in [0.2, 0.25) is 0 Å². The number of nitrogens with one attached hydrogen (secondary N) is 2. The third-order valence-electron chi connectivity index (χ3n) is 4.50. The molecule has 0 radical (unpaired) electrons. The van der Waals surface area contributed by atoms with Gasteiger partial charge in [-0.25, -0.2) is 4.99 Å². The van der Waals surface area contributed by atoms with E-state index in [2.05, 4.69) is 46.0 Å². The van der Waals surface area contributed by atoms with Crippen molar-refractivity contribution in [2.45, 2.75) is 20.0 Å². The van der Waals surface area contributed by atoms with Crippen LogP contribution in [0, 0.1) is 0 Å². The highest BCUT2D eigenvalue weighted by atomic mass is 127. The number of halogens is 1. The Bertz CT molecular complexity index is 721. The Hall–Kier alpha value is -1.36. The minimum absolute atomic E-state index is 0. The van der Waals surface area contributed by atoms with Crippen molar-refractivity contribution in [3.63, 3.8) is 0 Å². The van der Waals surface area contributed by atoms with E-state index in [0.29, 0.717) is 13.2 Å². The molecular formula is C21H31IN4O2S. The van der Waals surface area contributed by atoms with Crippen LogP contribution in [0.1, 0.15) is 17.4 Å². The zero-order valence-corrected chi connectivity index (χ0v) is 20.1. The van der Waals surface area contributed by atoms with Gasteiger partial charge >= 0.3 is 0 Å². The van der Waals surface area contributed by atoms with E-state index in [0.717, 1.165) is 63.2 Å². The van der Waals surface area contributed by atoms with Crippen LogP contribution in [0.4, 0.5) is 0 Å². The van der Waals surface area contributed by atoms with Crippen LogP contribution in [-0.2, 0) is 17.8 Å². The third kappa shape index (κ3) is 8.49. The molecule has 8 heteroatoms. The molecule has 1 fully saturated rings. The number of rotatable bonds is 9. The lowest BCUT2D eigenvalue weighted by molar-refractivity contribution is 0.0322. The lowest BCUT2D eigenvalue weighted by atomic mass is 10.2. The molecular weight excluding hydrogens is 499 g/mol. The SMILES string of the molecule is CCNC(=NCc1ccccc1OCCN1CCOCC1)NCc1cccs1.I. The van der Waals surface area contributed by atoms with E-state index < -0.39 is 0 Å². The summed E-state index contributed by atoms with van der Waals surface area (Å²) in [5, 5.41) is 8.78. The number of hydrogen-bond donors (Lipinski definition) is 2. The van der Waals surface area contributed by atoms with Crippen molar-refractivity contribution in [2.24, 2.45) is 4.99 Å². The molecule has 0 spiro atoms. The molecule has 0 aliphatic carbocycles. The van der Waals surface area contributed by atoms with Gasteiger partial charge < -0.3 is 20.1 Å².